The first-order valence-corrected chi connectivity index (χ1v) is 6.46. The molecule has 0 heterocycles. The molecule has 1 aromatic carbocycles. The average Bonchev–Trinajstić information content (AvgIpc) is 2.65. The highest BCUT2D eigenvalue weighted by molar-refractivity contribution is 7.86. The molecule has 1 aromatic rings. The van der Waals surface area contributed by atoms with Crippen LogP contribution in [0.25, 0.3) is 0 Å². The van der Waals surface area contributed by atoms with E-state index >= 15 is 0 Å². The highest BCUT2D eigenvalue weighted by atomic mass is 35.5. The number of benzene rings is 1. The van der Waals surface area contributed by atoms with Gasteiger partial charge in [0.05, 0.1) is 16.0 Å². The van der Waals surface area contributed by atoms with Crippen LogP contribution in [0.1, 0.15) is 19.3 Å². The van der Waals surface area contributed by atoms with Crippen LogP contribution in [0.2, 0.25) is 5.02 Å². The minimum atomic E-state index is -1.21. The van der Waals surface area contributed by atoms with Crippen molar-refractivity contribution in [2.24, 2.45) is 0 Å². The summed E-state index contributed by atoms with van der Waals surface area (Å²) in [6.07, 6.45) is 2.18. The van der Waals surface area contributed by atoms with E-state index in [2.05, 4.69) is 0 Å². The van der Waals surface area contributed by atoms with Crippen molar-refractivity contribution >= 4 is 28.2 Å². The van der Waals surface area contributed by atoms with Crippen LogP contribution in [-0.2, 0) is 15.6 Å². The van der Waals surface area contributed by atoms with E-state index in [9.17, 15) is 9.00 Å². The number of carbonyl (C=O) groups excluding carboxylic acids is 1. The van der Waals surface area contributed by atoms with Crippen molar-refractivity contribution in [3.8, 4) is 0 Å². The summed E-state index contributed by atoms with van der Waals surface area (Å²) in [6.45, 7) is 0. The first-order chi connectivity index (χ1) is 7.18. The molecule has 0 spiro atoms. The van der Waals surface area contributed by atoms with E-state index in [0.29, 0.717) is 16.3 Å². The van der Waals surface area contributed by atoms with E-state index in [1.165, 1.54) is 0 Å². The SMILES string of the molecule is O=C1CCCC1S(=O)c1ccc(Cl)cc1. The van der Waals surface area contributed by atoms with Gasteiger partial charge in [-0.2, -0.15) is 0 Å². The first-order valence-electron chi connectivity index (χ1n) is 4.87. The van der Waals surface area contributed by atoms with Gasteiger partial charge in [0, 0.05) is 16.3 Å². The fraction of sp³-hybridized carbons (Fsp3) is 0.364. The fourth-order valence-electron chi connectivity index (χ4n) is 1.74. The minimum Gasteiger partial charge on any atom is -0.298 e. The summed E-state index contributed by atoms with van der Waals surface area (Å²) < 4.78 is 12.0. The Morgan fingerprint density at radius 1 is 1.27 bits per heavy atom. The zero-order chi connectivity index (χ0) is 10.8. The Morgan fingerprint density at radius 3 is 2.47 bits per heavy atom. The van der Waals surface area contributed by atoms with E-state index in [4.69, 9.17) is 11.6 Å². The maximum absolute atomic E-state index is 12.0. The van der Waals surface area contributed by atoms with Crippen LogP contribution < -0.4 is 0 Å². The maximum Gasteiger partial charge on any atom is 0.148 e. The van der Waals surface area contributed by atoms with Crippen LogP contribution in [0.4, 0.5) is 0 Å². The van der Waals surface area contributed by atoms with Gasteiger partial charge in [-0.25, -0.2) is 0 Å². The lowest BCUT2D eigenvalue weighted by atomic mass is 10.3. The molecule has 0 bridgehead atoms. The number of hydrogen-bond acceptors (Lipinski definition) is 2. The second kappa shape index (κ2) is 4.45. The molecule has 1 saturated carbocycles. The summed E-state index contributed by atoms with van der Waals surface area (Å²) in [6, 6.07) is 6.86. The monoisotopic (exact) mass is 242 g/mol. The van der Waals surface area contributed by atoms with Gasteiger partial charge in [-0.05, 0) is 37.1 Å². The summed E-state index contributed by atoms with van der Waals surface area (Å²) in [5.74, 6) is 0.128. The van der Waals surface area contributed by atoms with Crippen molar-refractivity contribution in [2.75, 3.05) is 0 Å². The summed E-state index contributed by atoms with van der Waals surface area (Å²) >= 11 is 5.74. The Bertz CT molecular complexity index is 400. The molecule has 2 atom stereocenters. The Labute approximate surface area is 96.1 Å². The average molecular weight is 243 g/mol. The Morgan fingerprint density at radius 2 is 1.93 bits per heavy atom. The first kappa shape index (κ1) is 10.8. The molecule has 2 nitrogen and oxygen atoms in total. The van der Waals surface area contributed by atoms with Gasteiger partial charge >= 0.3 is 0 Å². The lowest BCUT2D eigenvalue weighted by molar-refractivity contribution is -0.117. The molecule has 0 N–H and O–H groups in total. The zero-order valence-electron chi connectivity index (χ0n) is 8.11. The van der Waals surface area contributed by atoms with E-state index in [1.54, 1.807) is 24.3 Å². The number of halogens is 1. The predicted molar refractivity (Wildman–Crippen MR) is 60.5 cm³/mol. The van der Waals surface area contributed by atoms with E-state index in [-0.39, 0.29) is 11.0 Å². The topological polar surface area (TPSA) is 34.1 Å². The highest BCUT2D eigenvalue weighted by Gasteiger charge is 2.30. The number of rotatable bonds is 2. The van der Waals surface area contributed by atoms with Crippen LogP contribution >= 0.6 is 11.6 Å². The van der Waals surface area contributed by atoms with Crippen molar-refractivity contribution in [1.29, 1.82) is 0 Å². The van der Waals surface area contributed by atoms with Crippen LogP contribution in [0.5, 0.6) is 0 Å². The maximum atomic E-state index is 12.0. The van der Waals surface area contributed by atoms with E-state index in [1.807, 2.05) is 0 Å². The number of Topliss-reactive ketones (excluding diaryl/α,β-unsaturated/α-hetero) is 1. The van der Waals surface area contributed by atoms with Gasteiger partial charge in [0.2, 0.25) is 0 Å². The van der Waals surface area contributed by atoms with Crippen molar-refractivity contribution in [3.63, 3.8) is 0 Å². The molecule has 1 aliphatic carbocycles. The zero-order valence-corrected chi connectivity index (χ0v) is 9.68. The third-order valence-electron chi connectivity index (χ3n) is 2.55. The van der Waals surface area contributed by atoms with Crippen molar-refractivity contribution in [2.45, 2.75) is 29.4 Å². The fourth-order valence-corrected chi connectivity index (χ4v) is 3.34. The largest absolute Gasteiger partial charge is 0.298 e. The van der Waals surface area contributed by atoms with Crippen LogP contribution in [0.3, 0.4) is 0 Å². The summed E-state index contributed by atoms with van der Waals surface area (Å²) in [5, 5.41) is 0.319. The molecule has 2 rings (SSSR count). The summed E-state index contributed by atoms with van der Waals surface area (Å²) in [5.41, 5.74) is 0. The number of hydrogen-bond donors (Lipinski definition) is 0. The molecular weight excluding hydrogens is 232 g/mol. The third kappa shape index (κ3) is 2.29. The van der Waals surface area contributed by atoms with Crippen molar-refractivity contribution < 1.29 is 9.00 Å². The van der Waals surface area contributed by atoms with Crippen LogP contribution in [0.15, 0.2) is 29.2 Å². The minimum absolute atomic E-state index is 0.128. The van der Waals surface area contributed by atoms with Crippen molar-refractivity contribution in [1.82, 2.24) is 0 Å². The van der Waals surface area contributed by atoms with Gasteiger partial charge in [0.15, 0.2) is 0 Å². The van der Waals surface area contributed by atoms with Gasteiger partial charge in [-0.15, -0.1) is 0 Å². The predicted octanol–water partition coefficient (Wildman–Crippen LogP) is 2.57. The molecule has 2 unspecified atom stereocenters. The molecule has 0 saturated heterocycles. The standard InChI is InChI=1S/C11H11ClO2S/c12-8-4-6-9(7-5-8)15(14)11-3-1-2-10(11)13/h4-7,11H,1-3H2. The molecular formula is C11H11ClO2S. The molecule has 0 radical (unpaired) electrons. The van der Waals surface area contributed by atoms with E-state index < -0.39 is 10.8 Å². The molecule has 1 fully saturated rings. The molecule has 80 valence electrons. The summed E-state index contributed by atoms with van der Waals surface area (Å²) in [4.78, 5) is 12.1. The highest BCUT2D eigenvalue weighted by Crippen LogP contribution is 2.24. The molecule has 0 amide bonds. The number of carbonyl (C=O) groups is 1. The molecule has 0 aliphatic heterocycles. The van der Waals surface area contributed by atoms with Crippen LogP contribution in [-0.4, -0.2) is 15.2 Å². The lowest BCUT2D eigenvalue weighted by Gasteiger charge is -2.07. The second-order valence-corrected chi connectivity index (χ2v) is 5.67. The van der Waals surface area contributed by atoms with Crippen molar-refractivity contribution in [3.05, 3.63) is 29.3 Å². The number of ketones is 1. The van der Waals surface area contributed by atoms with Gasteiger partial charge < -0.3 is 0 Å². The smallest absolute Gasteiger partial charge is 0.148 e. The molecule has 1 aliphatic rings. The molecule has 15 heavy (non-hydrogen) atoms. The Balaban J connectivity index is 2.20. The van der Waals surface area contributed by atoms with Gasteiger partial charge in [0.25, 0.3) is 0 Å². The Kier molecular flexibility index (Phi) is 3.22. The lowest BCUT2D eigenvalue weighted by Crippen LogP contribution is -2.19. The molecule has 0 aromatic heterocycles. The van der Waals surface area contributed by atoms with Gasteiger partial charge in [-0.3, -0.25) is 9.00 Å². The van der Waals surface area contributed by atoms with Crippen LogP contribution in [0, 0.1) is 0 Å². The quantitative estimate of drug-likeness (QED) is 0.799. The van der Waals surface area contributed by atoms with Gasteiger partial charge in [-0.1, -0.05) is 11.6 Å². The normalized spacial score (nSPS) is 23.0. The molecule has 4 heteroatoms. The summed E-state index contributed by atoms with van der Waals surface area (Å²) in [7, 11) is -1.21. The van der Waals surface area contributed by atoms with Gasteiger partial charge in [0.1, 0.15) is 5.78 Å². The Hall–Kier alpha value is -0.670. The third-order valence-corrected chi connectivity index (χ3v) is 4.56. The van der Waals surface area contributed by atoms with E-state index in [0.717, 1.165) is 12.8 Å². The second-order valence-electron chi connectivity index (χ2n) is 3.60.